The van der Waals surface area contributed by atoms with Crippen LogP contribution in [0.1, 0.15) is 26.7 Å². The Morgan fingerprint density at radius 3 is 2.67 bits per heavy atom. The fraction of sp³-hybridized carbons (Fsp3) is 0.417. The van der Waals surface area contributed by atoms with Crippen LogP contribution in [0.2, 0.25) is 0 Å². The standard InChI is InChI=1S/C12H17N3/c1-3-9(4-2)13-12-14-10-7-5-6-8-11(10)15-12/h5-9H,3-4H2,1-2H3,(H2,13,14,15). The van der Waals surface area contributed by atoms with Gasteiger partial charge in [0.25, 0.3) is 0 Å². The Kier molecular flexibility index (Phi) is 2.90. The third-order valence-electron chi connectivity index (χ3n) is 2.72. The van der Waals surface area contributed by atoms with Crippen molar-refractivity contribution in [3.8, 4) is 0 Å². The van der Waals surface area contributed by atoms with Gasteiger partial charge < -0.3 is 10.3 Å². The number of nitrogens with one attached hydrogen (secondary N) is 2. The number of imidazole rings is 1. The highest BCUT2D eigenvalue weighted by Gasteiger charge is 2.06. The maximum absolute atomic E-state index is 4.48. The number of hydrogen-bond acceptors (Lipinski definition) is 2. The molecule has 2 rings (SSSR count). The summed E-state index contributed by atoms with van der Waals surface area (Å²) in [5.74, 6) is 0.880. The Morgan fingerprint density at radius 2 is 2.00 bits per heavy atom. The fourth-order valence-corrected chi connectivity index (χ4v) is 1.71. The van der Waals surface area contributed by atoms with E-state index in [2.05, 4.69) is 29.1 Å². The lowest BCUT2D eigenvalue weighted by molar-refractivity contribution is 0.666. The van der Waals surface area contributed by atoms with E-state index in [0.717, 1.165) is 29.8 Å². The average Bonchev–Trinajstić information content (AvgIpc) is 2.68. The lowest BCUT2D eigenvalue weighted by Crippen LogP contribution is -2.17. The van der Waals surface area contributed by atoms with Crippen LogP contribution in [0.4, 0.5) is 5.95 Å². The van der Waals surface area contributed by atoms with Crippen LogP contribution in [0, 0.1) is 0 Å². The van der Waals surface area contributed by atoms with Crippen molar-refractivity contribution in [2.45, 2.75) is 32.7 Å². The quantitative estimate of drug-likeness (QED) is 0.801. The van der Waals surface area contributed by atoms with Crippen molar-refractivity contribution in [1.29, 1.82) is 0 Å². The monoisotopic (exact) mass is 203 g/mol. The largest absolute Gasteiger partial charge is 0.353 e. The van der Waals surface area contributed by atoms with E-state index in [-0.39, 0.29) is 0 Å². The first kappa shape index (κ1) is 10.0. The van der Waals surface area contributed by atoms with Crippen LogP contribution in [0.3, 0.4) is 0 Å². The van der Waals surface area contributed by atoms with Gasteiger partial charge in [0.1, 0.15) is 0 Å². The van der Waals surface area contributed by atoms with Crippen LogP contribution < -0.4 is 5.32 Å². The van der Waals surface area contributed by atoms with E-state index in [1.54, 1.807) is 0 Å². The topological polar surface area (TPSA) is 40.7 Å². The molecule has 0 aliphatic rings. The molecular formula is C12H17N3. The molecule has 2 aromatic rings. The lowest BCUT2D eigenvalue weighted by Gasteiger charge is -2.12. The average molecular weight is 203 g/mol. The summed E-state index contributed by atoms with van der Waals surface area (Å²) in [6.45, 7) is 4.37. The zero-order valence-electron chi connectivity index (χ0n) is 9.25. The van der Waals surface area contributed by atoms with Gasteiger partial charge in [-0.15, -0.1) is 0 Å². The molecule has 0 aliphatic heterocycles. The van der Waals surface area contributed by atoms with Crippen LogP contribution in [0.15, 0.2) is 24.3 Å². The normalized spacial score (nSPS) is 11.1. The number of benzene rings is 1. The van der Waals surface area contributed by atoms with Gasteiger partial charge in [0.05, 0.1) is 11.0 Å². The summed E-state index contributed by atoms with van der Waals surface area (Å²) >= 11 is 0. The number of aromatic amines is 1. The molecule has 0 radical (unpaired) electrons. The van der Waals surface area contributed by atoms with Gasteiger partial charge in [-0.2, -0.15) is 0 Å². The highest BCUT2D eigenvalue weighted by atomic mass is 15.1. The van der Waals surface area contributed by atoms with Crippen molar-refractivity contribution in [1.82, 2.24) is 9.97 Å². The summed E-state index contributed by atoms with van der Waals surface area (Å²) < 4.78 is 0. The Morgan fingerprint density at radius 1 is 1.27 bits per heavy atom. The predicted molar refractivity (Wildman–Crippen MR) is 64.1 cm³/mol. The first-order chi connectivity index (χ1) is 7.33. The summed E-state index contributed by atoms with van der Waals surface area (Å²) in [7, 11) is 0. The number of anilines is 1. The zero-order valence-corrected chi connectivity index (χ0v) is 9.25. The summed E-state index contributed by atoms with van der Waals surface area (Å²) in [4.78, 5) is 7.75. The SMILES string of the molecule is CCC(CC)Nc1nc2ccccc2[nH]1. The number of fused-ring (bicyclic) bond motifs is 1. The molecule has 3 nitrogen and oxygen atoms in total. The zero-order chi connectivity index (χ0) is 10.7. The first-order valence-corrected chi connectivity index (χ1v) is 5.54. The fourth-order valence-electron chi connectivity index (χ4n) is 1.71. The molecule has 0 amide bonds. The first-order valence-electron chi connectivity index (χ1n) is 5.54. The molecule has 0 spiro atoms. The van der Waals surface area contributed by atoms with Gasteiger partial charge in [0, 0.05) is 6.04 Å². The Labute approximate surface area is 89.9 Å². The van der Waals surface area contributed by atoms with Gasteiger partial charge >= 0.3 is 0 Å². The Balaban J connectivity index is 2.21. The van der Waals surface area contributed by atoms with E-state index in [1.165, 1.54) is 0 Å². The molecule has 15 heavy (non-hydrogen) atoms. The maximum Gasteiger partial charge on any atom is 0.201 e. The summed E-state index contributed by atoms with van der Waals surface area (Å²) in [6.07, 6.45) is 2.24. The molecule has 0 saturated carbocycles. The highest BCUT2D eigenvalue weighted by Crippen LogP contribution is 2.15. The van der Waals surface area contributed by atoms with Crippen LogP contribution in [-0.2, 0) is 0 Å². The van der Waals surface area contributed by atoms with Gasteiger partial charge in [-0.05, 0) is 25.0 Å². The van der Waals surface area contributed by atoms with Crippen molar-refractivity contribution in [3.05, 3.63) is 24.3 Å². The van der Waals surface area contributed by atoms with Crippen molar-refractivity contribution in [2.24, 2.45) is 0 Å². The summed E-state index contributed by atoms with van der Waals surface area (Å²) in [5, 5.41) is 3.40. The minimum atomic E-state index is 0.505. The third-order valence-corrected chi connectivity index (χ3v) is 2.72. The number of hydrogen-bond donors (Lipinski definition) is 2. The van der Waals surface area contributed by atoms with Gasteiger partial charge in [-0.3, -0.25) is 0 Å². The summed E-state index contributed by atoms with van der Waals surface area (Å²) in [6, 6.07) is 8.58. The molecular weight excluding hydrogens is 186 g/mol. The van der Waals surface area contributed by atoms with Gasteiger partial charge in [-0.1, -0.05) is 26.0 Å². The molecule has 3 heteroatoms. The summed E-state index contributed by atoms with van der Waals surface area (Å²) in [5.41, 5.74) is 2.11. The Bertz CT molecular complexity index is 396. The molecule has 1 aromatic heterocycles. The second kappa shape index (κ2) is 4.34. The number of rotatable bonds is 4. The van der Waals surface area contributed by atoms with Crippen LogP contribution >= 0.6 is 0 Å². The number of aromatic nitrogens is 2. The van der Waals surface area contributed by atoms with E-state index >= 15 is 0 Å². The van der Waals surface area contributed by atoms with Gasteiger partial charge in [0.15, 0.2) is 0 Å². The molecule has 0 aliphatic carbocycles. The predicted octanol–water partition coefficient (Wildman–Crippen LogP) is 3.16. The van der Waals surface area contributed by atoms with Crippen LogP contribution in [0.5, 0.6) is 0 Å². The molecule has 1 heterocycles. The number of nitrogens with zero attached hydrogens (tertiary/aromatic N) is 1. The van der Waals surface area contributed by atoms with Crippen molar-refractivity contribution >= 4 is 17.0 Å². The molecule has 80 valence electrons. The molecule has 0 unspecified atom stereocenters. The van der Waals surface area contributed by atoms with E-state index in [1.807, 2.05) is 24.3 Å². The van der Waals surface area contributed by atoms with Crippen molar-refractivity contribution < 1.29 is 0 Å². The van der Waals surface area contributed by atoms with E-state index in [4.69, 9.17) is 0 Å². The smallest absolute Gasteiger partial charge is 0.201 e. The number of para-hydroxylation sites is 2. The van der Waals surface area contributed by atoms with E-state index in [9.17, 15) is 0 Å². The minimum Gasteiger partial charge on any atom is -0.353 e. The maximum atomic E-state index is 4.48. The molecule has 2 N–H and O–H groups in total. The van der Waals surface area contributed by atoms with E-state index in [0.29, 0.717) is 6.04 Å². The molecule has 0 atom stereocenters. The second-order valence-corrected chi connectivity index (χ2v) is 3.76. The molecule has 0 bridgehead atoms. The minimum absolute atomic E-state index is 0.505. The second-order valence-electron chi connectivity index (χ2n) is 3.76. The molecule has 0 saturated heterocycles. The lowest BCUT2D eigenvalue weighted by atomic mass is 10.2. The van der Waals surface area contributed by atoms with Crippen LogP contribution in [-0.4, -0.2) is 16.0 Å². The van der Waals surface area contributed by atoms with Gasteiger partial charge in [0.2, 0.25) is 5.95 Å². The van der Waals surface area contributed by atoms with Gasteiger partial charge in [-0.25, -0.2) is 4.98 Å². The third kappa shape index (κ3) is 2.12. The van der Waals surface area contributed by atoms with E-state index < -0.39 is 0 Å². The molecule has 1 aromatic carbocycles. The van der Waals surface area contributed by atoms with Crippen molar-refractivity contribution in [2.75, 3.05) is 5.32 Å². The Hall–Kier alpha value is -1.51. The molecule has 0 fully saturated rings. The number of H-pyrrole nitrogens is 1. The highest BCUT2D eigenvalue weighted by molar-refractivity contribution is 5.77. The van der Waals surface area contributed by atoms with Crippen molar-refractivity contribution in [3.63, 3.8) is 0 Å². The van der Waals surface area contributed by atoms with Crippen LogP contribution in [0.25, 0.3) is 11.0 Å².